The lowest BCUT2D eigenvalue weighted by molar-refractivity contribution is -0.147. The van der Waals surface area contributed by atoms with Crippen LogP contribution in [0.5, 0.6) is 0 Å². The van der Waals surface area contributed by atoms with Gasteiger partial charge in [-0.2, -0.15) is 0 Å². The molecule has 45 heavy (non-hydrogen) atoms. The van der Waals surface area contributed by atoms with Crippen LogP contribution in [0.4, 0.5) is 4.79 Å². The van der Waals surface area contributed by atoms with Crippen molar-refractivity contribution in [2.24, 2.45) is 29.6 Å². The lowest BCUT2D eigenvalue weighted by Gasteiger charge is -2.32. The molecule has 1 saturated heterocycles. The first-order chi connectivity index (χ1) is 21.1. The maximum atomic E-state index is 13.8. The molecule has 0 radical (unpaired) electrons. The molecule has 1 fully saturated rings. The van der Waals surface area contributed by atoms with E-state index in [4.69, 9.17) is 14.2 Å². The van der Waals surface area contributed by atoms with E-state index in [2.05, 4.69) is 59.5 Å². The van der Waals surface area contributed by atoms with Gasteiger partial charge in [-0.1, -0.05) is 53.7 Å². The third-order valence-corrected chi connectivity index (χ3v) is 8.84. The Kier molecular flexibility index (Phi) is 12.9. The van der Waals surface area contributed by atoms with Crippen LogP contribution < -0.4 is 10.6 Å². The highest BCUT2D eigenvalue weighted by molar-refractivity contribution is 5.86. The van der Waals surface area contributed by atoms with Crippen molar-refractivity contribution in [1.29, 1.82) is 0 Å². The standard InChI is InChI=1S/C36H57N3O6/c1-22(2)27(18-25-12-13-26-14-16-39(30(26)19-25)15-11-17-43-10)20-29(31-21-28(23(3)4)34(41)44-31)37-33(40)32(24(5)6)38-35(42)45-36(7,8)9/h12-14,16,19,22-24,27-29,31-32H,11,15,17-18,20-21H2,1-10H3,(H,37,40)(H,38,42)/t27-,28+,29+,31?,32+/m1/s1. The fourth-order valence-corrected chi connectivity index (χ4v) is 6.12. The molecule has 252 valence electrons. The summed E-state index contributed by atoms with van der Waals surface area (Å²) >= 11 is 0. The molecule has 2 heterocycles. The van der Waals surface area contributed by atoms with Gasteiger partial charge in [-0.05, 0) is 93.2 Å². The molecule has 2 aromatic rings. The molecule has 5 atom stereocenters. The summed E-state index contributed by atoms with van der Waals surface area (Å²) < 4.78 is 18.9. The van der Waals surface area contributed by atoms with E-state index in [1.165, 1.54) is 16.5 Å². The zero-order valence-electron chi connectivity index (χ0n) is 29.1. The van der Waals surface area contributed by atoms with Crippen LogP contribution in [0, 0.1) is 29.6 Å². The van der Waals surface area contributed by atoms with E-state index in [9.17, 15) is 14.4 Å². The number of esters is 1. The average Bonchev–Trinajstić information content (AvgIpc) is 3.52. The van der Waals surface area contributed by atoms with Crippen molar-refractivity contribution in [2.75, 3.05) is 13.7 Å². The molecule has 0 saturated carbocycles. The Hall–Kier alpha value is -3.07. The second-order valence-electron chi connectivity index (χ2n) is 14.7. The summed E-state index contributed by atoms with van der Waals surface area (Å²) in [4.78, 5) is 39.3. The van der Waals surface area contributed by atoms with Crippen molar-refractivity contribution in [3.8, 4) is 0 Å². The predicted molar refractivity (Wildman–Crippen MR) is 178 cm³/mol. The molecule has 0 spiro atoms. The Morgan fingerprint density at radius 1 is 1.04 bits per heavy atom. The fourth-order valence-electron chi connectivity index (χ4n) is 6.12. The number of nitrogens with one attached hydrogen (secondary N) is 2. The zero-order chi connectivity index (χ0) is 33.5. The van der Waals surface area contributed by atoms with Crippen LogP contribution >= 0.6 is 0 Å². The lowest BCUT2D eigenvalue weighted by atomic mass is 9.81. The number of fused-ring (bicyclic) bond motifs is 1. The Morgan fingerprint density at radius 2 is 1.76 bits per heavy atom. The number of aromatic nitrogens is 1. The van der Waals surface area contributed by atoms with Crippen LogP contribution in [0.3, 0.4) is 0 Å². The molecule has 1 aromatic carbocycles. The number of ether oxygens (including phenoxy) is 3. The Bertz CT molecular complexity index is 1280. The van der Waals surface area contributed by atoms with Gasteiger partial charge in [-0.15, -0.1) is 0 Å². The normalized spacial score (nSPS) is 19.2. The number of hydrogen-bond donors (Lipinski definition) is 2. The molecule has 9 nitrogen and oxygen atoms in total. The molecule has 0 bridgehead atoms. The van der Waals surface area contributed by atoms with Gasteiger partial charge in [0.2, 0.25) is 5.91 Å². The minimum absolute atomic E-state index is 0.142. The van der Waals surface area contributed by atoms with Crippen molar-refractivity contribution in [1.82, 2.24) is 15.2 Å². The Morgan fingerprint density at radius 3 is 2.33 bits per heavy atom. The van der Waals surface area contributed by atoms with Crippen molar-refractivity contribution in [3.05, 3.63) is 36.0 Å². The van der Waals surface area contributed by atoms with E-state index >= 15 is 0 Å². The number of amides is 2. The summed E-state index contributed by atoms with van der Waals surface area (Å²) in [5, 5.41) is 7.19. The molecule has 2 N–H and O–H groups in total. The van der Waals surface area contributed by atoms with Gasteiger partial charge >= 0.3 is 12.1 Å². The number of rotatable bonds is 15. The van der Waals surface area contributed by atoms with Crippen molar-refractivity contribution in [3.63, 3.8) is 0 Å². The van der Waals surface area contributed by atoms with Crippen molar-refractivity contribution < 1.29 is 28.6 Å². The average molecular weight is 628 g/mol. The van der Waals surface area contributed by atoms with Gasteiger partial charge in [0.05, 0.1) is 12.0 Å². The number of carbonyl (C=O) groups excluding carboxylic acids is 3. The third kappa shape index (κ3) is 10.5. The van der Waals surface area contributed by atoms with Crippen LogP contribution in [0.25, 0.3) is 10.9 Å². The van der Waals surface area contributed by atoms with E-state index in [0.717, 1.165) is 26.0 Å². The van der Waals surface area contributed by atoms with Gasteiger partial charge in [0.15, 0.2) is 0 Å². The minimum atomic E-state index is -0.800. The summed E-state index contributed by atoms with van der Waals surface area (Å²) in [6.45, 7) is 19.2. The molecular weight excluding hydrogens is 570 g/mol. The van der Waals surface area contributed by atoms with E-state index in [-0.39, 0.29) is 35.5 Å². The number of aryl methyl sites for hydroxylation is 1. The molecule has 1 aliphatic rings. The number of benzene rings is 1. The molecule has 9 heteroatoms. The second kappa shape index (κ2) is 16.0. The summed E-state index contributed by atoms with van der Waals surface area (Å²) in [7, 11) is 1.73. The molecule has 1 unspecified atom stereocenters. The molecule has 1 aliphatic heterocycles. The largest absolute Gasteiger partial charge is 0.460 e. The van der Waals surface area contributed by atoms with E-state index < -0.39 is 29.9 Å². The number of alkyl carbamates (subject to hydrolysis) is 1. The van der Waals surface area contributed by atoms with E-state index in [1.807, 2.05) is 27.7 Å². The number of hydrogen-bond acceptors (Lipinski definition) is 6. The van der Waals surface area contributed by atoms with Gasteiger partial charge < -0.3 is 29.4 Å². The zero-order valence-corrected chi connectivity index (χ0v) is 29.1. The topological polar surface area (TPSA) is 108 Å². The molecule has 0 aliphatic carbocycles. The van der Waals surface area contributed by atoms with Crippen LogP contribution in [-0.4, -0.2) is 60.0 Å². The van der Waals surface area contributed by atoms with Gasteiger partial charge in [0.1, 0.15) is 17.7 Å². The number of carbonyl (C=O) groups is 3. The van der Waals surface area contributed by atoms with Crippen molar-refractivity contribution in [2.45, 2.75) is 118 Å². The maximum absolute atomic E-state index is 13.8. The molecule has 1 aromatic heterocycles. The van der Waals surface area contributed by atoms with Crippen LogP contribution in [0.15, 0.2) is 30.5 Å². The third-order valence-electron chi connectivity index (χ3n) is 8.84. The fraction of sp³-hybridized carbons (Fsp3) is 0.694. The highest BCUT2D eigenvalue weighted by Gasteiger charge is 2.42. The highest BCUT2D eigenvalue weighted by Crippen LogP contribution is 2.33. The Labute approximate surface area is 270 Å². The number of cyclic esters (lactones) is 1. The van der Waals surface area contributed by atoms with Crippen LogP contribution in [-0.2, 0) is 36.8 Å². The predicted octanol–water partition coefficient (Wildman–Crippen LogP) is 6.50. The number of nitrogens with zero attached hydrogens (tertiary/aromatic N) is 1. The quantitative estimate of drug-likeness (QED) is 0.172. The SMILES string of the molecule is COCCCn1ccc2ccc(C[C@H](C[C@H](NC(=O)[C@@H](NC(=O)OC(C)(C)C)C(C)C)C3C[C@@H](C(C)C)C(=O)O3)C(C)C)cc21. The second-order valence-corrected chi connectivity index (χ2v) is 14.7. The van der Waals surface area contributed by atoms with Gasteiger partial charge in [-0.25, -0.2) is 4.79 Å². The molecule has 2 amide bonds. The van der Waals surface area contributed by atoms with Gasteiger partial charge in [-0.3, -0.25) is 9.59 Å². The molecule has 3 rings (SSSR count). The monoisotopic (exact) mass is 627 g/mol. The van der Waals surface area contributed by atoms with Crippen molar-refractivity contribution >= 4 is 28.9 Å². The smallest absolute Gasteiger partial charge is 0.408 e. The Balaban J connectivity index is 1.85. The van der Waals surface area contributed by atoms with E-state index in [0.29, 0.717) is 18.8 Å². The number of methoxy groups -OCH3 is 1. The first-order valence-corrected chi connectivity index (χ1v) is 16.7. The summed E-state index contributed by atoms with van der Waals surface area (Å²) in [6, 6.07) is 7.58. The van der Waals surface area contributed by atoms with Gasteiger partial charge in [0, 0.05) is 32.0 Å². The maximum Gasteiger partial charge on any atom is 0.408 e. The molecular formula is C36H57N3O6. The lowest BCUT2D eigenvalue weighted by Crippen LogP contribution is -2.55. The van der Waals surface area contributed by atoms with Gasteiger partial charge in [0.25, 0.3) is 0 Å². The first kappa shape index (κ1) is 36.4. The first-order valence-electron chi connectivity index (χ1n) is 16.7. The summed E-state index contributed by atoms with van der Waals surface area (Å²) in [5.41, 5.74) is 1.75. The van der Waals surface area contributed by atoms with E-state index in [1.54, 1.807) is 27.9 Å². The summed E-state index contributed by atoms with van der Waals surface area (Å²) in [5.74, 6) is -0.236. The minimum Gasteiger partial charge on any atom is -0.460 e. The highest BCUT2D eigenvalue weighted by atomic mass is 16.6. The summed E-state index contributed by atoms with van der Waals surface area (Å²) in [6.07, 6.45) is 4.01. The van der Waals surface area contributed by atoms with Crippen LogP contribution in [0.1, 0.15) is 87.1 Å². The van der Waals surface area contributed by atoms with Crippen LogP contribution in [0.2, 0.25) is 0 Å².